The van der Waals surface area contributed by atoms with Gasteiger partial charge in [-0.1, -0.05) is 30.3 Å². The summed E-state index contributed by atoms with van der Waals surface area (Å²) in [5, 5.41) is 0. The van der Waals surface area contributed by atoms with Crippen LogP contribution < -0.4 is 9.47 Å². The maximum absolute atomic E-state index is 5.63. The first kappa shape index (κ1) is 19.0. The van der Waals surface area contributed by atoms with E-state index in [1.54, 1.807) is 14.2 Å². The Labute approximate surface area is 170 Å². The van der Waals surface area contributed by atoms with Gasteiger partial charge >= 0.3 is 0 Å². The third-order valence-electron chi connectivity index (χ3n) is 5.36. The molecule has 0 aromatic heterocycles. The highest BCUT2D eigenvalue weighted by atomic mass is 32.2. The van der Waals surface area contributed by atoms with Crippen molar-refractivity contribution in [1.82, 2.24) is 4.90 Å². The topological polar surface area (TPSA) is 21.7 Å². The molecule has 2 heterocycles. The number of rotatable bonds is 5. The molecule has 3 nitrogen and oxygen atoms in total. The highest BCUT2D eigenvalue weighted by molar-refractivity contribution is 8.17. The predicted octanol–water partition coefficient (Wildman–Crippen LogP) is 5.00. The molecule has 0 radical (unpaired) electrons. The summed E-state index contributed by atoms with van der Waals surface area (Å²) in [4.78, 5) is 2.67. The van der Waals surface area contributed by atoms with E-state index in [0.29, 0.717) is 10.6 Å². The fourth-order valence-electron chi connectivity index (χ4n) is 4.03. The molecule has 2 aromatic carbocycles. The first-order valence-electron chi connectivity index (χ1n) is 9.56. The van der Waals surface area contributed by atoms with E-state index in [1.807, 2.05) is 0 Å². The summed E-state index contributed by atoms with van der Waals surface area (Å²) in [5.74, 6) is 4.20. The molecule has 0 aliphatic carbocycles. The molecule has 1 unspecified atom stereocenters. The van der Waals surface area contributed by atoms with Crippen molar-refractivity contribution in [3.63, 3.8) is 0 Å². The molecule has 2 aliphatic heterocycles. The smallest absolute Gasteiger partial charge is 0.161 e. The zero-order valence-corrected chi connectivity index (χ0v) is 17.7. The number of ether oxygens (including phenoxy) is 2. The van der Waals surface area contributed by atoms with E-state index >= 15 is 0 Å². The van der Waals surface area contributed by atoms with E-state index < -0.39 is 0 Å². The Kier molecular flexibility index (Phi) is 6.21. The number of methoxy groups -OCH3 is 2. The van der Waals surface area contributed by atoms with Gasteiger partial charge in [0.15, 0.2) is 11.5 Å². The minimum Gasteiger partial charge on any atom is -0.493 e. The van der Waals surface area contributed by atoms with E-state index in [0.717, 1.165) is 31.0 Å². The lowest BCUT2D eigenvalue weighted by Gasteiger charge is -2.42. The van der Waals surface area contributed by atoms with Crippen molar-refractivity contribution in [1.29, 1.82) is 0 Å². The van der Waals surface area contributed by atoms with Gasteiger partial charge in [-0.05, 0) is 53.2 Å². The minimum absolute atomic E-state index is 0.407. The van der Waals surface area contributed by atoms with Crippen molar-refractivity contribution >= 4 is 23.5 Å². The molecule has 0 N–H and O–H groups in total. The van der Waals surface area contributed by atoms with E-state index in [2.05, 4.69) is 70.9 Å². The van der Waals surface area contributed by atoms with Gasteiger partial charge in [0.2, 0.25) is 0 Å². The van der Waals surface area contributed by atoms with Crippen LogP contribution in [0.1, 0.15) is 29.2 Å². The maximum atomic E-state index is 5.63. The second-order valence-electron chi connectivity index (χ2n) is 7.02. The summed E-state index contributed by atoms with van der Waals surface area (Å²) >= 11 is 4.24. The Bertz CT molecular complexity index is 762. The maximum Gasteiger partial charge on any atom is 0.161 e. The van der Waals surface area contributed by atoms with Gasteiger partial charge in [-0.25, -0.2) is 0 Å². The van der Waals surface area contributed by atoms with Gasteiger partial charge in [0.05, 0.1) is 24.8 Å². The SMILES string of the molecule is COc1cc2c(cc1OC)C(C1SCCCS1)N(Cc1ccccc1)CC2. The Morgan fingerprint density at radius 2 is 1.70 bits per heavy atom. The van der Waals surface area contributed by atoms with Crippen LogP contribution in [-0.2, 0) is 13.0 Å². The molecule has 1 saturated heterocycles. The number of benzene rings is 2. The molecule has 2 aliphatic rings. The molecule has 0 saturated carbocycles. The Morgan fingerprint density at radius 3 is 2.41 bits per heavy atom. The van der Waals surface area contributed by atoms with E-state index in [4.69, 9.17) is 9.47 Å². The van der Waals surface area contributed by atoms with Gasteiger partial charge in [0.1, 0.15) is 0 Å². The van der Waals surface area contributed by atoms with Gasteiger partial charge < -0.3 is 9.47 Å². The van der Waals surface area contributed by atoms with Crippen molar-refractivity contribution in [2.45, 2.75) is 30.0 Å². The second-order valence-corrected chi connectivity index (χ2v) is 9.82. The van der Waals surface area contributed by atoms with Crippen LogP contribution in [0.3, 0.4) is 0 Å². The Balaban J connectivity index is 1.71. The summed E-state index contributed by atoms with van der Waals surface area (Å²) in [6.07, 6.45) is 2.37. The predicted molar refractivity (Wildman–Crippen MR) is 116 cm³/mol. The van der Waals surface area contributed by atoms with Crippen LogP contribution >= 0.6 is 23.5 Å². The molecule has 1 fully saturated rings. The third kappa shape index (κ3) is 4.10. The molecule has 144 valence electrons. The highest BCUT2D eigenvalue weighted by Crippen LogP contribution is 2.47. The number of thioether (sulfide) groups is 2. The molecular weight excluding hydrogens is 374 g/mol. The zero-order chi connectivity index (χ0) is 18.6. The van der Waals surface area contributed by atoms with Crippen LogP contribution in [0.4, 0.5) is 0 Å². The third-order valence-corrected chi connectivity index (χ3v) is 8.40. The van der Waals surface area contributed by atoms with Gasteiger partial charge in [0.25, 0.3) is 0 Å². The van der Waals surface area contributed by atoms with Crippen molar-refractivity contribution in [2.24, 2.45) is 0 Å². The van der Waals surface area contributed by atoms with E-state index in [-0.39, 0.29) is 0 Å². The quantitative estimate of drug-likeness (QED) is 0.701. The van der Waals surface area contributed by atoms with Crippen LogP contribution in [-0.4, -0.2) is 41.8 Å². The van der Waals surface area contributed by atoms with Crippen LogP contribution in [0, 0.1) is 0 Å². The number of hydrogen-bond acceptors (Lipinski definition) is 5. The monoisotopic (exact) mass is 401 g/mol. The van der Waals surface area contributed by atoms with Crippen LogP contribution in [0.25, 0.3) is 0 Å². The standard InChI is InChI=1S/C22H27NO2S2/c1-24-19-13-17-9-10-23(15-16-7-4-3-5-8-16)21(18(17)14-20(19)25-2)22-26-11-6-12-27-22/h3-5,7-8,13-14,21-22H,6,9-12,15H2,1-2H3. The zero-order valence-electron chi connectivity index (χ0n) is 16.0. The molecular formula is C22H27NO2S2. The molecule has 0 spiro atoms. The first-order chi connectivity index (χ1) is 13.3. The van der Waals surface area contributed by atoms with Crippen LogP contribution in [0.15, 0.2) is 42.5 Å². The van der Waals surface area contributed by atoms with Crippen LogP contribution in [0.5, 0.6) is 11.5 Å². The van der Waals surface area contributed by atoms with Crippen LogP contribution in [0.2, 0.25) is 0 Å². The molecule has 0 bridgehead atoms. The summed E-state index contributed by atoms with van der Waals surface area (Å²) in [6, 6.07) is 15.7. The van der Waals surface area contributed by atoms with E-state index in [9.17, 15) is 0 Å². The molecule has 1 atom stereocenters. The molecule has 2 aromatic rings. The summed E-state index contributed by atoms with van der Waals surface area (Å²) in [7, 11) is 3.45. The fourth-order valence-corrected chi connectivity index (χ4v) is 7.26. The number of nitrogens with zero attached hydrogens (tertiary/aromatic N) is 1. The lowest BCUT2D eigenvalue weighted by Crippen LogP contribution is -2.40. The fraction of sp³-hybridized carbons (Fsp3) is 0.455. The van der Waals surface area contributed by atoms with Crippen molar-refractivity contribution in [2.75, 3.05) is 32.3 Å². The summed E-state index contributed by atoms with van der Waals surface area (Å²) in [5.41, 5.74) is 4.22. The Morgan fingerprint density at radius 1 is 1.00 bits per heavy atom. The minimum atomic E-state index is 0.407. The average molecular weight is 402 g/mol. The van der Waals surface area contributed by atoms with Crippen molar-refractivity contribution in [3.05, 3.63) is 59.2 Å². The lowest BCUT2D eigenvalue weighted by atomic mass is 9.92. The van der Waals surface area contributed by atoms with Gasteiger partial charge in [-0.15, -0.1) is 23.5 Å². The van der Waals surface area contributed by atoms with Crippen molar-refractivity contribution in [3.8, 4) is 11.5 Å². The van der Waals surface area contributed by atoms with Gasteiger partial charge in [-0.3, -0.25) is 4.90 Å². The van der Waals surface area contributed by atoms with Gasteiger partial charge in [0, 0.05) is 13.1 Å². The van der Waals surface area contributed by atoms with E-state index in [1.165, 1.54) is 34.6 Å². The molecule has 4 rings (SSSR count). The number of fused-ring (bicyclic) bond motifs is 1. The lowest BCUT2D eigenvalue weighted by molar-refractivity contribution is 0.186. The largest absolute Gasteiger partial charge is 0.493 e. The average Bonchev–Trinajstić information content (AvgIpc) is 2.74. The molecule has 0 amide bonds. The summed E-state index contributed by atoms with van der Waals surface area (Å²) in [6.45, 7) is 2.08. The normalized spacial score (nSPS) is 20.9. The van der Waals surface area contributed by atoms with Gasteiger partial charge in [-0.2, -0.15) is 0 Å². The highest BCUT2D eigenvalue weighted by Gasteiger charge is 2.36. The number of hydrogen-bond donors (Lipinski definition) is 0. The second kappa shape index (κ2) is 8.80. The summed E-state index contributed by atoms with van der Waals surface area (Å²) < 4.78 is 11.8. The van der Waals surface area contributed by atoms with Crippen molar-refractivity contribution < 1.29 is 9.47 Å². The Hall–Kier alpha value is -1.30. The molecule has 27 heavy (non-hydrogen) atoms. The molecule has 5 heteroatoms. The first-order valence-corrected chi connectivity index (χ1v) is 11.7.